The van der Waals surface area contributed by atoms with E-state index in [1.54, 1.807) is 24.1 Å². The molecule has 1 heterocycles. The number of hydrogen-bond acceptors (Lipinski definition) is 2. The topological polar surface area (TPSA) is 29.5 Å². The van der Waals surface area contributed by atoms with Gasteiger partial charge in [0.1, 0.15) is 0 Å². The molecule has 0 radical (unpaired) electrons. The maximum absolute atomic E-state index is 8.91. The molecule has 1 atom stereocenters. The Bertz CT molecular complexity index is 927. The summed E-state index contributed by atoms with van der Waals surface area (Å²) in [7, 11) is 0. The number of fused-ring (bicyclic) bond motifs is 5. The average molecular weight is 332 g/mol. The van der Waals surface area contributed by atoms with E-state index >= 15 is 0 Å². The Morgan fingerprint density at radius 1 is 0.880 bits per heavy atom. The van der Waals surface area contributed by atoms with Gasteiger partial charge in [0.2, 0.25) is 5.79 Å². The zero-order valence-corrected chi connectivity index (χ0v) is 14.7. The first-order valence-corrected chi connectivity index (χ1v) is 9.11. The Balaban J connectivity index is 0.000000190. The van der Waals surface area contributed by atoms with Crippen molar-refractivity contribution in [2.24, 2.45) is 0 Å². The molecule has 2 heteroatoms. The van der Waals surface area contributed by atoms with Gasteiger partial charge in [0, 0.05) is 13.3 Å². The molecule has 3 aromatic carbocycles. The Labute approximate surface area is 148 Å². The second-order valence-corrected chi connectivity index (χ2v) is 7.16. The van der Waals surface area contributed by atoms with Crippen LogP contribution in [0.3, 0.4) is 0 Å². The van der Waals surface area contributed by atoms with Gasteiger partial charge in [-0.15, -0.1) is 0 Å². The first-order chi connectivity index (χ1) is 12.1. The van der Waals surface area contributed by atoms with Crippen molar-refractivity contribution in [3.8, 4) is 0 Å². The SMILES string of the molecule is CC1(O)CC=CO1.c1ccc2c(c1)ccc1c3c(ccc12)CCCC3. The van der Waals surface area contributed by atoms with Crippen LogP contribution >= 0.6 is 0 Å². The van der Waals surface area contributed by atoms with Gasteiger partial charge in [-0.2, -0.15) is 0 Å². The minimum absolute atomic E-state index is 0.604. The standard InChI is InChI=1S/C18H16.C5H8O2/c1-3-7-15-13(5-1)9-11-18-16-8-4-2-6-14(16)10-12-17(15)18;1-5(6)3-2-4-7-5/h1,3,5,7,9-12H,2,4,6,8H2;2,4,6H,3H2,1H3. The third-order valence-corrected chi connectivity index (χ3v) is 5.17. The molecule has 1 unspecified atom stereocenters. The molecule has 0 aromatic heterocycles. The van der Waals surface area contributed by atoms with Crippen molar-refractivity contribution in [3.63, 3.8) is 0 Å². The van der Waals surface area contributed by atoms with Gasteiger partial charge in [0.25, 0.3) is 0 Å². The highest BCUT2D eigenvalue weighted by atomic mass is 16.6. The van der Waals surface area contributed by atoms with E-state index in [1.807, 2.05) is 0 Å². The predicted molar refractivity (Wildman–Crippen MR) is 104 cm³/mol. The van der Waals surface area contributed by atoms with Gasteiger partial charge in [-0.1, -0.05) is 48.5 Å². The van der Waals surface area contributed by atoms with Crippen molar-refractivity contribution in [2.75, 3.05) is 0 Å². The molecule has 5 rings (SSSR count). The molecule has 1 N–H and O–H groups in total. The lowest BCUT2D eigenvalue weighted by atomic mass is 9.86. The van der Waals surface area contributed by atoms with Crippen molar-refractivity contribution in [2.45, 2.75) is 44.8 Å². The Morgan fingerprint density at radius 2 is 1.68 bits per heavy atom. The van der Waals surface area contributed by atoms with E-state index < -0.39 is 5.79 Å². The molecule has 0 saturated heterocycles. The van der Waals surface area contributed by atoms with Crippen molar-refractivity contribution >= 4 is 21.5 Å². The molecule has 3 aromatic rings. The van der Waals surface area contributed by atoms with Crippen LogP contribution in [0.4, 0.5) is 0 Å². The van der Waals surface area contributed by atoms with E-state index in [0.717, 1.165) is 0 Å². The molecule has 0 saturated carbocycles. The largest absolute Gasteiger partial charge is 0.470 e. The summed E-state index contributed by atoms with van der Waals surface area (Å²) in [5, 5.41) is 14.6. The molecule has 25 heavy (non-hydrogen) atoms. The zero-order chi connectivity index (χ0) is 17.3. The summed E-state index contributed by atoms with van der Waals surface area (Å²) >= 11 is 0. The van der Waals surface area contributed by atoms with Crippen LogP contribution in [0.15, 0.2) is 60.9 Å². The third kappa shape index (κ3) is 3.27. The average Bonchev–Trinajstić information content (AvgIpc) is 3.06. The molecule has 0 fully saturated rings. The van der Waals surface area contributed by atoms with E-state index in [1.165, 1.54) is 53.5 Å². The van der Waals surface area contributed by atoms with Crippen LogP contribution < -0.4 is 0 Å². The number of rotatable bonds is 0. The van der Waals surface area contributed by atoms with Crippen LogP contribution in [0.1, 0.15) is 37.3 Å². The summed E-state index contributed by atoms with van der Waals surface area (Å²) < 4.78 is 4.72. The Hall–Kier alpha value is -2.32. The monoisotopic (exact) mass is 332 g/mol. The lowest BCUT2D eigenvalue weighted by Crippen LogP contribution is -2.20. The fraction of sp³-hybridized carbons (Fsp3) is 0.304. The van der Waals surface area contributed by atoms with Gasteiger partial charge >= 0.3 is 0 Å². The van der Waals surface area contributed by atoms with E-state index in [4.69, 9.17) is 9.84 Å². The molecule has 0 amide bonds. The minimum Gasteiger partial charge on any atom is -0.470 e. The first kappa shape index (κ1) is 16.2. The summed E-state index contributed by atoms with van der Waals surface area (Å²) in [5.74, 6) is -0.917. The van der Waals surface area contributed by atoms with Crippen LogP contribution in [0.25, 0.3) is 21.5 Å². The second-order valence-electron chi connectivity index (χ2n) is 7.16. The lowest BCUT2D eigenvalue weighted by molar-refractivity contribution is -0.134. The van der Waals surface area contributed by atoms with Crippen molar-refractivity contribution in [1.82, 2.24) is 0 Å². The van der Waals surface area contributed by atoms with Gasteiger partial charge in [-0.3, -0.25) is 0 Å². The summed E-state index contributed by atoms with van der Waals surface area (Å²) in [6.07, 6.45) is 9.13. The molecular formula is C23H24O2. The zero-order valence-electron chi connectivity index (χ0n) is 14.7. The molecule has 0 bridgehead atoms. The highest BCUT2D eigenvalue weighted by molar-refractivity contribution is 6.08. The van der Waals surface area contributed by atoms with E-state index in [2.05, 4.69) is 48.5 Å². The number of ether oxygens (including phenoxy) is 1. The van der Waals surface area contributed by atoms with Crippen molar-refractivity contribution in [1.29, 1.82) is 0 Å². The summed E-state index contributed by atoms with van der Waals surface area (Å²) in [6, 6.07) is 18.0. The smallest absolute Gasteiger partial charge is 0.207 e. The fourth-order valence-electron chi connectivity index (χ4n) is 3.85. The van der Waals surface area contributed by atoms with Crippen LogP contribution in [0.5, 0.6) is 0 Å². The van der Waals surface area contributed by atoms with Gasteiger partial charge in [0.15, 0.2) is 0 Å². The molecule has 128 valence electrons. The summed E-state index contributed by atoms with van der Waals surface area (Å²) in [5.41, 5.74) is 3.17. The normalized spacial score (nSPS) is 21.5. The summed E-state index contributed by atoms with van der Waals surface area (Å²) in [6.45, 7) is 1.63. The first-order valence-electron chi connectivity index (χ1n) is 9.11. The van der Waals surface area contributed by atoms with Gasteiger partial charge in [0.05, 0.1) is 6.26 Å². The van der Waals surface area contributed by atoms with Crippen LogP contribution in [0, 0.1) is 0 Å². The molecular weight excluding hydrogens is 308 g/mol. The number of aliphatic hydroxyl groups is 1. The summed E-state index contributed by atoms with van der Waals surface area (Å²) in [4.78, 5) is 0. The highest BCUT2D eigenvalue weighted by Gasteiger charge is 2.21. The van der Waals surface area contributed by atoms with Crippen molar-refractivity contribution in [3.05, 3.63) is 72.0 Å². The maximum Gasteiger partial charge on any atom is 0.207 e. The second kappa shape index (κ2) is 6.53. The molecule has 1 aliphatic carbocycles. The van der Waals surface area contributed by atoms with Crippen LogP contribution in [0.2, 0.25) is 0 Å². The van der Waals surface area contributed by atoms with E-state index in [-0.39, 0.29) is 0 Å². The third-order valence-electron chi connectivity index (χ3n) is 5.17. The molecule has 1 aliphatic heterocycles. The molecule has 2 nitrogen and oxygen atoms in total. The van der Waals surface area contributed by atoms with E-state index in [0.29, 0.717) is 6.42 Å². The number of aryl methyl sites for hydroxylation is 2. The van der Waals surface area contributed by atoms with E-state index in [9.17, 15) is 0 Å². The Kier molecular flexibility index (Phi) is 4.22. The predicted octanol–water partition coefficient (Wildman–Crippen LogP) is 5.50. The maximum atomic E-state index is 8.91. The number of hydrogen-bond donors (Lipinski definition) is 1. The fourth-order valence-corrected chi connectivity index (χ4v) is 3.85. The van der Waals surface area contributed by atoms with Gasteiger partial charge in [-0.25, -0.2) is 0 Å². The minimum atomic E-state index is -0.917. The quantitative estimate of drug-likeness (QED) is 0.551. The van der Waals surface area contributed by atoms with Gasteiger partial charge in [-0.05, 0) is 64.4 Å². The Morgan fingerprint density at radius 3 is 2.44 bits per heavy atom. The van der Waals surface area contributed by atoms with Gasteiger partial charge < -0.3 is 9.84 Å². The lowest BCUT2D eigenvalue weighted by Gasteiger charge is -2.18. The highest BCUT2D eigenvalue weighted by Crippen LogP contribution is 2.33. The molecule has 2 aliphatic rings. The number of benzene rings is 3. The molecule has 0 spiro atoms. The van der Waals surface area contributed by atoms with Crippen molar-refractivity contribution < 1.29 is 9.84 Å². The van der Waals surface area contributed by atoms with Crippen LogP contribution in [-0.2, 0) is 17.6 Å². The van der Waals surface area contributed by atoms with Crippen LogP contribution in [-0.4, -0.2) is 10.9 Å².